The molecule has 0 aliphatic heterocycles. The van der Waals surface area contributed by atoms with E-state index in [1.807, 2.05) is 36.4 Å². The molecule has 26 heavy (non-hydrogen) atoms. The number of hydrogen-bond donors (Lipinski definition) is 0. The Kier molecular flexibility index (Phi) is 6.12. The van der Waals surface area contributed by atoms with Crippen LogP contribution in [-0.4, -0.2) is 17.4 Å². The van der Waals surface area contributed by atoms with E-state index >= 15 is 0 Å². The first-order chi connectivity index (χ1) is 12.6. The third kappa shape index (κ3) is 4.99. The van der Waals surface area contributed by atoms with Crippen molar-refractivity contribution in [3.8, 4) is 5.75 Å². The van der Waals surface area contributed by atoms with E-state index in [4.69, 9.17) is 9.15 Å². The summed E-state index contributed by atoms with van der Waals surface area (Å²) in [7, 11) is 0. The highest BCUT2D eigenvalue weighted by molar-refractivity contribution is 7.11. The Morgan fingerprint density at radius 2 is 1.92 bits per heavy atom. The van der Waals surface area contributed by atoms with Crippen molar-refractivity contribution in [3.63, 3.8) is 0 Å². The Balaban J connectivity index is 1.64. The summed E-state index contributed by atoms with van der Waals surface area (Å²) in [6, 6.07) is 15.7. The summed E-state index contributed by atoms with van der Waals surface area (Å²) in [4.78, 5) is 16.9. The number of amides is 1. The monoisotopic (exact) mass is 369 g/mol. The topological polar surface area (TPSA) is 42.7 Å². The van der Waals surface area contributed by atoms with Crippen molar-refractivity contribution in [1.82, 2.24) is 4.90 Å². The highest BCUT2D eigenvalue weighted by Crippen LogP contribution is 2.19. The molecule has 0 fully saturated rings. The summed E-state index contributed by atoms with van der Waals surface area (Å²) in [6.07, 6.45) is 2.61. The molecule has 3 aromatic rings. The van der Waals surface area contributed by atoms with Crippen molar-refractivity contribution in [2.24, 2.45) is 0 Å². The van der Waals surface area contributed by atoms with Gasteiger partial charge in [0.25, 0.3) is 5.91 Å². The summed E-state index contributed by atoms with van der Waals surface area (Å²) >= 11 is 1.70. The number of thiophene rings is 1. The molecule has 0 saturated heterocycles. The number of carbonyl (C=O) groups is 1. The first kappa shape index (κ1) is 18.3. The molecule has 136 valence electrons. The predicted molar refractivity (Wildman–Crippen MR) is 103 cm³/mol. The van der Waals surface area contributed by atoms with E-state index in [1.54, 1.807) is 22.5 Å². The fourth-order valence-electron chi connectivity index (χ4n) is 2.64. The van der Waals surface area contributed by atoms with Gasteiger partial charge >= 0.3 is 0 Å². The smallest absolute Gasteiger partial charge is 0.261 e. The van der Waals surface area contributed by atoms with Crippen LogP contribution in [0.25, 0.3) is 0 Å². The average molecular weight is 369 g/mol. The normalized spacial score (nSPS) is 10.7. The molecule has 0 aliphatic rings. The van der Waals surface area contributed by atoms with Gasteiger partial charge < -0.3 is 14.1 Å². The van der Waals surface area contributed by atoms with Gasteiger partial charge in [-0.25, -0.2) is 0 Å². The molecule has 0 N–H and O–H groups in total. The summed E-state index contributed by atoms with van der Waals surface area (Å²) < 4.78 is 11.1. The van der Waals surface area contributed by atoms with Crippen LogP contribution in [0.3, 0.4) is 0 Å². The number of benzene rings is 1. The zero-order chi connectivity index (χ0) is 18.4. The van der Waals surface area contributed by atoms with E-state index in [9.17, 15) is 4.79 Å². The molecule has 0 saturated carbocycles. The van der Waals surface area contributed by atoms with Crippen LogP contribution in [0.1, 0.15) is 28.0 Å². The maximum absolute atomic E-state index is 12.7. The lowest BCUT2D eigenvalue weighted by atomic mass is 10.2. The first-order valence-electron chi connectivity index (χ1n) is 8.71. The van der Waals surface area contributed by atoms with Gasteiger partial charge in [0, 0.05) is 9.75 Å². The van der Waals surface area contributed by atoms with Gasteiger partial charge in [0.05, 0.1) is 19.4 Å². The van der Waals surface area contributed by atoms with Crippen LogP contribution in [0.15, 0.2) is 59.2 Å². The molecular weight excluding hydrogens is 346 g/mol. The Bertz CT molecular complexity index is 821. The first-order valence-corrected chi connectivity index (χ1v) is 9.53. The van der Waals surface area contributed by atoms with Crippen LogP contribution in [0, 0.1) is 6.92 Å². The molecule has 0 unspecified atom stereocenters. The van der Waals surface area contributed by atoms with Gasteiger partial charge in [-0.15, -0.1) is 11.3 Å². The van der Waals surface area contributed by atoms with E-state index in [0.29, 0.717) is 18.8 Å². The van der Waals surface area contributed by atoms with Crippen molar-refractivity contribution < 1.29 is 13.9 Å². The summed E-state index contributed by atoms with van der Waals surface area (Å²) in [5.74, 6) is 1.41. The minimum atomic E-state index is -0.0629. The van der Waals surface area contributed by atoms with E-state index in [2.05, 4.69) is 26.0 Å². The van der Waals surface area contributed by atoms with E-state index in [1.165, 1.54) is 10.4 Å². The Hall–Kier alpha value is -2.53. The molecule has 0 spiro atoms. The van der Waals surface area contributed by atoms with Gasteiger partial charge in [0.1, 0.15) is 11.5 Å². The molecule has 2 heterocycles. The lowest BCUT2D eigenvalue weighted by Crippen LogP contribution is -2.33. The second-order valence-electron chi connectivity index (χ2n) is 6.13. The standard InChI is InChI=1S/C21H23NO3S/c1-3-17-7-9-18(10-8-17)25-15-21(23)22(13-19-5-4-12-24-19)14-20-11-6-16(2)26-20/h4-12H,3,13-15H2,1-2H3. The zero-order valence-electron chi connectivity index (χ0n) is 15.1. The highest BCUT2D eigenvalue weighted by Gasteiger charge is 2.17. The predicted octanol–water partition coefficient (Wildman–Crippen LogP) is 4.82. The van der Waals surface area contributed by atoms with Gasteiger partial charge in [-0.3, -0.25) is 4.79 Å². The van der Waals surface area contributed by atoms with E-state index < -0.39 is 0 Å². The fourth-order valence-corrected chi connectivity index (χ4v) is 3.54. The quantitative estimate of drug-likeness (QED) is 0.572. The molecule has 1 aromatic carbocycles. The molecule has 0 radical (unpaired) electrons. The van der Waals surface area contributed by atoms with Crippen LogP contribution < -0.4 is 4.74 Å². The number of carbonyl (C=O) groups excluding carboxylic acids is 1. The van der Waals surface area contributed by atoms with Crippen LogP contribution in [0.2, 0.25) is 0 Å². The molecule has 2 aromatic heterocycles. The number of furan rings is 1. The fraction of sp³-hybridized carbons (Fsp3) is 0.286. The number of nitrogens with zero attached hydrogens (tertiary/aromatic N) is 1. The van der Waals surface area contributed by atoms with Crippen LogP contribution in [-0.2, 0) is 24.3 Å². The second-order valence-corrected chi connectivity index (χ2v) is 7.50. The van der Waals surface area contributed by atoms with Crippen LogP contribution in [0.4, 0.5) is 0 Å². The van der Waals surface area contributed by atoms with Crippen molar-refractivity contribution >= 4 is 17.2 Å². The van der Waals surface area contributed by atoms with Crippen LogP contribution >= 0.6 is 11.3 Å². The summed E-state index contributed by atoms with van der Waals surface area (Å²) in [5.41, 5.74) is 1.25. The number of hydrogen-bond acceptors (Lipinski definition) is 4. The van der Waals surface area contributed by atoms with Crippen molar-refractivity contribution in [1.29, 1.82) is 0 Å². The molecule has 0 bridgehead atoms. The van der Waals surface area contributed by atoms with Gasteiger partial charge in [-0.2, -0.15) is 0 Å². The zero-order valence-corrected chi connectivity index (χ0v) is 15.9. The second kappa shape index (κ2) is 8.72. The third-order valence-corrected chi connectivity index (χ3v) is 5.10. The molecule has 5 heteroatoms. The van der Waals surface area contributed by atoms with Gasteiger partial charge in [-0.05, 0) is 55.3 Å². The summed E-state index contributed by atoms with van der Waals surface area (Å²) in [6.45, 7) is 5.17. The van der Waals surface area contributed by atoms with Crippen molar-refractivity contribution in [3.05, 3.63) is 75.9 Å². The largest absolute Gasteiger partial charge is 0.484 e. The summed E-state index contributed by atoms with van der Waals surface area (Å²) in [5, 5.41) is 0. The van der Waals surface area contributed by atoms with E-state index in [-0.39, 0.29) is 12.5 Å². The molecule has 0 aliphatic carbocycles. The Morgan fingerprint density at radius 1 is 1.12 bits per heavy atom. The van der Waals surface area contributed by atoms with Crippen molar-refractivity contribution in [2.75, 3.05) is 6.61 Å². The number of rotatable bonds is 8. The maximum atomic E-state index is 12.7. The van der Waals surface area contributed by atoms with Crippen molar-refractivity contribution in [2.45, 2.75) is 33.4 Å². The molecule has 0 atom stereocenters. The Labute approximate surface area is 158 Å². The average Bonchev–Trinajstić information content (AvgIpc) is 3.31. The minimum absolute atomic E-state index is 0.0105. The Morgan fingerprint density at radius 3 is 2.54 bits per heavy atom. The maximum Gasteiger partial charge on any atom is 0.261 e. The van der Waals surface area contributed by atoms with Gasteiger partial charge in [0.2, 0.25) is 0 Å². The van der Waals surface area contributed by atoms with Gasteiger partial charge in [-0.1, -0.05) is 19.1 Å². The molecular formula is C21H23NO3S. The van der Waals surface area contributed by atoms with Gasteiger partial charge in [0.15, 0.2) is 6.61 Å². The third-order valence-electron chi connectivity index (χ3n) is 4.12. The number of ether oxygens (including phenoxy) is 1. The van der Waals surface area contributed by atoms with E-state index in [0.717, 1.165) is 17.1 Å². The highest BCUT2D eigenvalue weighted by atomic mass is 32.1. The lowest BCUT2D eigenvalue weighted by molar-refractivity contribution is -0.134. The van der Waals surface area contributed by atoms with Crippen LogP contribution in [0.5, 0.6) is 5.75 Å². The molecule has 4 nitrogen and oxygen atoms in total. The molecule has 3 rings (SSSR count). The number of aryl methyl sites for hydroxylation is 2. The lowest BCUT2D eigenvalue weighted by Gasteiger charge is -2.21. The minimum Gasteiger partial charge on any atom is -0.484 e. The SMILES string of the molecule is CCc1ccc(OCC(=O)N(Cc2ccco2)Cc2ccc(C)s2)cc1. The molecule has 1 amide bonds.